The molecule has 0 atom stereocenters. The van der Waals surface area contributed by atoms with E-state index < -0.39 is 0 Å². The van der Waals surface area contributed by atoms with Crippen LogP contribution in [0.5, 0.6) is 0 Å². The molecular formula is C22H46N2O3. The third-order valence-corrected chi connectivity index (χ3v) is 4.25. The second-order valence-electron chi connectivity index (χ2n) is 8.51. The lowest BCUT2D eigenvalue weighted by Gasteiger charge is -2.35. The van der Waals surface area contributed by atoms with Crippen LogP contribution in [-0.4, -0.2) is 61.0 Å². The van der Waals surface area contributed by atoms with Crippen LogP contribution in [0.3, 0.4) is 0 Å². The van der Waals surface area contributed by atoms with Gasteiger partial charge in [-0.2, -0.15) is 0 Å². The molecule has 0 fully saturated rings. The fraction of sp³-hybridized carbons (Fsp3) is 0.909. The summed E-state index contributed by atoms with van der Waals surface area (Å²) in [6.07, 6.45) is 1.49. The van der Waals surface area contributed by atoms with Crippen molar-refractivity contribution >= 4 is 11.8 Å². The molecule has 0 aromatic carbocycles. The fourth-order valence-corrected chi connectivity index (χ4v) is 2.92. The first-order valence-corrected chi connectivity index (χ1v) is 10.6. The smallest absolute Gasteiger partial charge is 0.222 e. The van der Waals surface area contributed by atoms with Crippen LogP contribution in [0.2, 0.25) is 0 Å². The summed E-state index contributed by atoms with van der Waals surface area (Å²) in [5.41, 5.74) is -0.194. The average Bonchev–Trinajstić information content (AvgIpc) is 2.59. The van der Waals surface area contributed by atoms with E-state index in [4.69, 9.17) is 4.74 Å². The third kappa shape index (κ3) is 12.8. The first kappa shape index (κ1) is 28.1. The number of nitrogens with zero attached hydrogens (tertiary/aromatic N) is 2. The number of rotatable bonds is 12. The van der Waals surface area contributed by atoms with Gasteiger partial charge in [-0.05, 0) is 20.3 Å². The Bertz CT molecular complexity index is 420. The number of hydrogen-bond acceptors (Lipinski definition) is 3. The van der Waals surface area contributed by atoms with Crippen molar-refractivity contribution < 1.29 is 14.3 Å². The van der Waals surface area contributed by atoms with E-state index in [0.29, 0.717) is 32.7 Å². The Kier molecular flexibility index (Phi) is 14.6. The highest BCUT2D eigenvalue weighted by Gasteiger charge is 2.27. The van der Waals surface area contributed by atoms with Gasteiger partial charge in [0.05, 0.1) is 13.2 Å². The highest BCUT2D eigenvalue weighted by molar-refractivity contribution is 5.76. The Hall–Kier alpha value is -1.10. The summed E-state index contributed by atoms with van der Waals surface area (Å²) in [5.74, 6) is 0.322. The molecule has 0 N–H and O–H groups in total. The fourth-order valence-electron chi connectivity index (χ4n) is 2.92. The highest BCUT2D eigenvalue weighted by atomic mass is 16.5. The van der Waals surface area contributed by atoms with Crippen LogP contribution >= 0.6 is 0 Å². The summed E-state index contributed by atoms with van der Waals surface area (Å²) >= 11 is 0. The van der Waals surface area contributed by atoms with E-state index in [9.17, 15) is 9.59 Å². The Morgan fingerprint density at radius 3 is 1.56 bits per heavy atom. The predicted molar refractivity (Wildman–Crippen MR) is 115 cm³/mol. The molecule has 0 aromatic rings. The SMILES string of the molecule is CC.CCCC(=O)N(CC)CC(C)(C)COCC(C)(C)CN(CC)C(C)=O. The molecule has 0 aliphatic rings. The van der Waals surface area contributed by atoms with Crippen LogP contribution in [0.15, 0.2) is 0 Å². The summed E-state index contributed by atoms with van der Waals surface area (Å²) in [6.45, 7) is 24.2. The van der Waals surface area contributed by atoms with Crippen LogP contribution < -0.4 is 0 Å². The molecule has 0 rings (SSSR count). The normalized spacial score (nSPS) is 11.5. The molecule has 0 saturated heterocycles. The van der Waals surface area contributed by atoms with Gasteiger partial charge >= 0.3 is 0 Å². The molecule has 162 valence electrons. The molecular weight excluding hydrogens is 340 g/mol. The van der Waals surface area contributed by atoms with Crippen molar-refractivity contribution in [3.05, 3.63) is 0 Å². The molecule has 2 amide bonds. The summed E-state index contributed by atoms with van der Waals surface area (Å²) in [7, 11) is 0. The van der Waals surface area contributed by atoms with Gasteiger partial charge in [0.25, 0.3) is 0 Å². The van der Waals surface area contributed by atoms with Gasteiger partial charge in [-0.25, -0.2) is 0 Å². The Balaban J connectivity index is 0. The number of carbonyl (C=O) groups is 2. The van der Waals surface area contributed by atoms with Gasteiger partial charge in [0, 0.05) is 50.4 Å². The molecule has 0 saturated carbocycles. The lowest BCUT2D eigenvalue weighted by Crippen LogP contribution is -2.42. The van der Waals surface area contributed by atoms with Crippen molar-refractivity contribution in [3.8, 4) is 0 Å². The monoisotopic (exact) mass is 386 g/mol. The van der Waals surface area contributed by atoms with Gasteiger partial charge in [0.15, 0.2) is 0 Å². The molecule has 5 nitrogen and oxygen atoms in total. The maximum Gasteiger partial charge on any atom is 0.222 e. The zero-order valence-corrected chi connectivity index (χ0v) is 19.8. The van der Waals surface area contributed by atoms with E-state index in [1.54, 1.807) is 6.92 Å². The van der Waals surface area contributed by atoms with Crippen molar-refractivity contribution in [2.45, 2.75) is 82.1 Å². The van der Waals surface area contributed by atoms with Crippen LogP contribution in [0.25, 0.3) is 0 Å². The van der Waals surface area contributed by atoms with Crippen LogP contribution in [-0.2, 0) is 14.3 Å². The van der Waals surface area contributed by atoms with E-state index in [1.807, 2.05) is 44.4 Å². The lowest BCUT2D eigenvalue weighted by molar-refractivity contribution is -0.133. The molecule has 0 spiro atoms. The minimum atomic E-state index is -0.0970. The van der Waals surface area contributed by atoms with Crippen molar-refractivity contribution in [3.63, 3.8) is 0 Å². The van der Waals surface area contributed by atoms with Crippen LogP contribution in [0, 0.1) is 10.8 Å². The maximum absolute atomic E-state index is 12.2. The van der Waals surface area contributed by atoms with Crippen molar-refractivity contribution in [1.29, 1.82) is 0 Å². The topological polar surface area (TPSA) is 49.9 Å². The second-order valence-corrected chi connectivity index (χ2v) is 8.51. The second kappa shape index (κ2) is 14.0. The van der Waals surface area contributed by atoms with Crippen LogP contribution in [0.1, 0.15) is 82.1 Å². The van der Waals surface area contributed by atoms with E-state index in [-0.39, 0.29) is 22.6 Å². The minimum Gasteiger partial charge on any atom is -0.380 e. The number of carbonyl (C=O) groups excluding carboxylic acids is 2. The molecule has 0 aliphatic carbocycles. The molecule has 0 heterocycles. The Labute approximate surface area is 168 Å². The molecule has 0 aliphatic heterocycles. The lowest BCUT2D eigenvalue weighted by atomic mass is 9.92. The summed E-state index contributed by atoms with van der Waals surface area (Å²) < 4.78 is 6.00. The van der Waals surface area contributed by atoms with Gasteiger partial charge in [-0.3, -0.25) is 9.59 Å². The molecule has 0 bridgehead atoms. The standard InChI is InChI=1S/C20H40N2O3.C2H6/c1-9-12-18(24)22(11-3)14-20(7,8)16-25-15-19(5,6)13-21(10-2)17(4)23;1-2/h9-16H2,1-8H3;1-2H3. The number of ether oxygens (including phenoxy) is 1. The van der Waals surface area contributed by atoms with Gasteiger partial charge in [0.2, 0.25) is 11.8 Å². The minimum absolute atomic E-state index is 0.0967. The van der Waals surface area contributed by atoms with Crippen LogP contribution in [0.4, 0.5) is 0 Å². The van der Waals surface area contributed by atoms with Gasteiger partial charge in [-0.15, -0.1) is 0 Å². The largest absolute Gasteiger partial charge is 0.380 e. The average molecular weight is 387 g/mol. The number of hydrogen-bond donors (Lipinski definition) is 0. The van der Waals surface area contributed by atoms with Crippen molar-refractivity contribution in [1.82, 2.24) is 9.80 Å². The van der Waals surface area contributed by atoms with E-state index in [0.717, 1.165) is 19.5 Å². The van der Waals surface area contributed by atoms with Gasteiger partial charge in [0.1, 0.15) is 0 Å². The zero-order valence-electron chi connectivity index (χ0n) is 19.8. The predicted octanol–water partition coefficient (Wildman–Crippen LogP) is 4.60. The highest BCUT2D eigenvalue weighted by Crippen LogP contribution is 2.22. The molecule has 0 unspecified atom stereocenters. The van der Waals surface area contributed by atoms with E-state index in [1.165, 1.54) is 0 Å². The molecule has 0 radical (unpaired) electrons. The quantitative estimate of drug-likeness (QED) is 0.492. The van der Waals surface area contributed by atoms with Gasteiger partial charge < -0.3 is 14.5 Å². The molecule has 0 aromatic heterocycles. The summed E-state index contributed by atoms with van der Waals surface area (Å²) in [6, 6.07) is 0. The molecule has 27 heavy (non-hydrogen) atoms. The Morgan fingerprint density at radius 2 is 1.22 bits per heavy atom. The summed E-state index contributed by atoms with van der Waals surface area (Å²) in [4.78, 5) is 27.5. The molecule has 5 heteroatoms. The maximum atomic E-state index is 12.2. The van der Waals surface area contributed by atoms with E-state index in [2.05, 4.69) is 27.7 Å². The summed E-state index contributed by atoms with van der Waals surface area (Å²) in [5, 5.41) is 0. The number of amides is 2. The Morgan fingerprint density at radius 1 is 0.815 bits per heavy atom. The van der Waals surface area contributed by atoms with Crippen molar-refractivity contribution in [2.75, 3.05) is 39.4 Å². The van der Waals surface area contributed by atoms with Gasteiger partial charge in [-0.1, -0.05) is 48.5 Å². The third-order valence-electron chi connectivity index (χ3n) is 4.25. The zero-order chi connectivity index (χ0) is 21.7. The van der Waals surface area contributed by atoms with Crippen molar-refractivity contribution in [2.24, 2.45) is 10.8 Å². The van der Waals surface area contributed by atoms with E-state index >= 15 is 0 Å². The first-order chi connectivity index (χ1) is 12.5. The first-order valence-electron chi connectivity index (χ1n) is 10.6.